The Hall–Kier alpha value is -6.05. The van der Waals surface area contributed by atoms with Crippen LogP contribution in [0.1, 0.15) is 0 Å². The fourth-order valence-corrected chi connectivity index (χ4v) is 5.32. The molecular formula is C32H23N5O7S. The molecule has 6 rings (SSSR count). The highest BCUT2D eigenvalue weighted by molar-refractivity contribution is 7.86. The number of aromatic hydroxyl groups is 4. The van der Waals surface area contributed by atoms with Crippen molar-refractivity contribution in [3.8, 4) is 23.0 Å². The lowest BCUT2D eigenvalue weighted by Crippen LogP contribution is -1.99. The number of anilines is 2. The fourth-order valence-electron chi connectivity index (χ4n) is 4.66. The molecular weight excluding hydrogens is 598 g/mol. The molecule has 12 nitrogen and oxygen atoms in total. The maximum atomic E-state index is 12.2. The minimum Gasteiger partial charge on any atom is -0.506 e. The number of nitrogens with zero attached hydrogens (tertiary/aromatic N) is 4. The topological polar surface area (TPSA) is 197 Å². The highest BCUT2D eigenvalue weighted by atomic mass is 32.2. The number of fused-ring (bicyclic) bond motifs is 2. The van der Waals surface area contributed by atoms with Gasteiger partial charge < -0.3 is 25.7 Å². The molecule has 0 fully saturated rings. The van der Waals surface area contributed by atoms with E-state index in [1.54, 1.807) is 78.9 Å². The maximum absolute atomic E-state index is 12.2. The van der Waals surface area contributed by atoms with E-state index in [9.17, 15) is 33.4 Å². The van der Waals surface area contributed by atoms with Crippen LogP contribution in [0.5, 0.6) is 23.0 Å². The van der Waals surface area contributed by atoms with E-state index in [1.807, 2.05) is 0 Å². The summed E-state index contributed by atoms with van der Waals surface area (Å²) in [7, 11) is -4.83. The summed E-state index contributed by atoms with van der Waals surface area (Å²) < 4.78 is 34.4. The molecule has 6 aromatic rings. The zero-order valence-corrected chi connectivity index (χ0v) is 23.9. The van der Waals surface area contributed by atoms with Crippen LogP contribution in [0.3, 0.4) is 0 Å². The maximum Gasteiger partial charge on any atom is 0.296 e. The van der Waals surface area contributed by atoms with Crippen molar-refractivity contribution < 1.29 is 33.4 Å². The first-order valence-electron chi connectivity index (χ1n) is 13.3. The van der Waals surface area contributed by atoms with Gasteiger partial charge in [-0.1, -0.05) is 30.3 Å². The summed E-state index contributed by atoms with van der Waals surface area (Å²) in [6.45, 7) is 0. The van der Waals surface area contributed by atoms with Crippen LogP contribution in [-0.4, -0.2) is 33.4 Å². The summed E-state index contributed by atoms with van der Waals surface area (Å²) in [5.41, 5.74) is 1.20. The number of hydrogen-bond donors (Lipinski definition) is 6. The van der Waals surface area contributed by atoms with Crippen molar-refractivity contribution in [2.45, 2.75) is 4.90 Å². The molecule has 0 heterocycles. The Balaban J connectivity index is 1.31. The molecule has 0 aliphatic carbocycles. The van der Waals surface area contributed by atoms with Crippen LogP contribution in [0.15, 0.2) is 128 Å². The molecule has 0 aliphatic rings. The molecule has 45 heavy (non-hydrogen) atoms. The quantitative estimate of drug-likeness (QED) is 0.0751. The summed E-state index contributed by atoms with van der Waals surface area (Å²) in [4.78, 5) is -0.666. The average Bonchev–Trinajstić information content (AvgIpc) is 3.01. The Morgan fingerprint density at radius 3 is 1.67 bits per heavy atom. The van der Waals surface area contributed by atoms with Crippen molar-refractivity contribution in [1.29, 1.82) is 0 Å². The SMILES string of the molecule is O=S(=O)(O)c1cc2cc(Nc3ccc4c(O)c(N=Nc5ccccc5O)ccc4c3)ccc2c(O)c1N=Nc1ccccc1O. The van der Waals surface area contributed by atoms with Crippen LogP contribution in [0.4, 0.5) is 34.1 Å². The van der Waals surface area contributed by atoms with Gasteiger partial charge in [0.1, 0.15) is 39.1 Å². The molecule has 0 saturated heterocycles. The third-order valence-electron chi connectivity index (χ3n) is 6.87. The summed E-state index contributed by atoms with van der Waals surface area (Å²) in [6, 6.07) is 26.9. The molecule has 224 valence electrons. The third-order valence-corrected chi connectivity index (χ3v) is 7.74. The third kappa shape index (κ3) is 5.93. The summed E-state index contributed by atoms with van der Waals surface area (Å²) in [5.74, 6) is -0.856. The fraction of sp³-hybridized carbons (Fsp3) is 0. The normalized spacial score (nSPS) is 12.0. The number of nitrogens with one attached hydrogen (secondary N) is 1. The predicted molar refractivity (Wildman–Crippen MR) is 169 cm³/mol. The lowest BCUT2D eigenvalue weighted by atomic mass is 10.1. The minimum atomic E-state index is -4.83. The lowest BCUT2D eigenvalue weighted by Gasteiger charge is -2.12. The molecule has 0 atom stereocenters. The van der Waals surface area contributed by atoms with Crippen LogP contribution in [0.2, 0.25) is 0 Å². The Morgan fingerprint density at radius 1 is 0.533 bits per heavy atom. The van der Waals surface area contributed by atoms with Gasteiger partial charge in [0.25, 0.3) is 10.1 Å². The number of hydrogen-bond acceptors (Lipinski definition) is 11. The van der Waals surface area contributed by atoms with Gasteiger partial charge in [-0.2, -0.15) is 8.42 Å². The highest BCUT2D eigenvalue weighted by Gasteiger charge is 2.22. The van der Waals surface area contributed by atoms with Crippen molar-refractivity contribution >= 4 is 65.8 Å². The number of phenolic OH excluding ortho intramolecular Hbond substituents is 4. The van der Waals surface area contributed by atoms with Crippen molar-refractivity contribution in [3.05, 3.63) is 103 Å². The molecule has 6 aromatic carbocycles. The Morgan fingerprint density at radius 2 is 1.07 bits per heavy atom. The van der Waals surface area contributed by atoms with Crippen LogP contribution >= 0.6 is 0 Å². The lowest BCUT2D eigenvalue weighted by molar-refractivity contribution is 0.471. The van der Waals surface area contributed by atoms with Gasteiger partial charge in [-0.05, 0) is 83.6 Å². The van der Waals surface area contributed by atoms with Gasteiger partial charge in [0, 0.05) is 22.1 Å². The van der Waals surface area contributed by atoms with Crippen LogP contribution in [0, 0.1) is 0 Å². The number of phenols is 4. The molecule has 13 heteroatoms. The second kappa shape index (κ2) is 11.6. The molecule has 0 saturated carbocycles. The van der Waals surface area contributed by atoms with Gasteiger partial charge >= 0.3 is 0 Å². The first kappa shape index (κ1) is 29.0. The largest absolute Gasteiger partial charge is 0.506 e. The monoisotopic (exact) mass is 621 g/mol. The number of benzene rings is 6. The molecule has 0 bridgehead atoms. The van der Waals surface area contributed by atoms with E-state index in [0.29, 0.717) is 22.1 Å². The van der Waals surface area contributed by atoms with E-state index in [2.05, 4.69) is 25.8 Å². The zero-order chi connectivity index (χ0) is 31.7. The molecule has 0 spiro atoms. The molecule has 0 radical (unpaired) electrons. The zero-order valence-electron chi connectivity index (χ0n) is 23.1. The van der Waals surface area contributed by atoms with E-state index in [0.717, 1.165) is 0 Å². The van der Waals surface area contributed by atoms with Crippen molar-refractivity contribution in [2.24, 2.45) is 20.5 Å². The number of para-hydroxylation sites is 2. The summed E-state index contributed by atoms with van der Waals surface area (Å²) in [5, 5.41) is 62.3. The Bertz CT molecular complexity index is 2290. The van der Waals surface area contributed by atoms with Gasteiger partial charge in [0.2, 0.25) is 0 Å². The van der Waals surface area contributed by atoms with Crippen molar-refractivity contribution in [1.82, 2.24) is 0 Å². The molecule has 0 amide bonds. The highest BCUT2D eigenvalue weighted by Crippen LogP contribution is 2.43. The van der Waals surface area contributed by atoms with Crippen molar-refractivity contribution in [2.75, 3.05) is 5.32 Å². The first-order chi connectivity index (χ1) is 21.6. The van der Waals surface area contributed by atoms with Gasteiger partial charge in [0.15, 0.2) is 11.5 Å². The Labute approximate surface area is 255 Å². The van der Waals surface area contributed by atoms with E-state index in [4.69, 9.17) is 0 Å². The van der Waals surface area contributed by atoms with E-state index >= 15 is 0 Å². The summed E-state index contributed by atoms with van der Waals surface area (Å²) >= 11 is 0. The first-order valence-corrected chi connectivity index (χ1v) is 14.7. The summed E-state index contributed by atoms with van der Waals surface area (Å²) in [6.07, 6.45) is 0. The number of rotatable bonds is 7. The molecule has 6 N–H and O–H groups in total. The van der Waals surface area contributed by atoms with Gasteiger partial charge in [0.05, 0.1) is 0 Å². The molecule has 0 aliphatic heterocycles. The second-order valence-corrected chi connectivity index (χ2v) is 11.2. The standard InChI is InChI=1S/C32H23N5O7S/c38-27-7-3-1-5-24(27)34-36-26-14-9-18-15-20(10-12-22(18)31(26)40)33-21-11-13-23-19(16-21)17-29(45(42,43)44)30(32(23)41)37-35-25-6-2-4-8-28(25)39/h1-17,33,38-41H,(H,42,43,44). The van der Waals surface area contributed by atoms with E-state index < -0.39 is 26.5 Å². The minimum absolute atomic E-state index is 0.0366. The molecule has 0 aromatic heterocycles. The van der Waals surface area contributed by atoms with Crippen molar-refractivity contribution in [3.63, 3.8) is 0 Å². The predicted octanol–water partition coefficient (Wildman–Crippen LogP) is 8.64. The molecule has 0 unspecified atom stereocenters. The van der Waals surface area contributed by atoms with Gasteiger partial charge in [-0.25, -0.2) is 0 Å². The van der Waals surface area contributed by atoms with Gasteiger partial charge in [-0.3, -0.25) is 4.55 Å². The van der Waals surface area contributed by atoms with E-state index in [1.165, 1.54) is 24.3 Å². The van der Waals surface area contributed by atoms with E-state index in [-0.39, 0.29) is 45.1 Å². The second-order valence-electron chi connectivity index (χ2n) is 9.85. The van der Waals surface area contributed by atoms with Crippen LogP contribution < -0.4 is 5.32 Å². The van der Waals surface area contributed by atoms with Crippen LogP contribution in [0.25, 0.3) is 21.5 Å². The Kier molecular flexibility index (Phi) is 7.46. The average molecular weight is 622 g/mol. The smallest absolute Gasteiger partial charge is 0.296 e. The van der Waals surface area contributed by atoms with Crippen LogP contribution in [-0.2, 0) is 10.1 Å². The number of azo groups is 2. The van der Waals surface area contributed by atoms with Gasteiger partial charge in [-0.15, -0.1) is 20.5 Å².